The Balaban J connectivity index is 0.000000167. The Labute approximate surface area is 169 Å². The van der Waals surface area contributed by atoms with Gasteiger partial charge in [0.05, 0.1) is 0 Å². The Kier molecular flexibility index (Phi) is 6.45. The van der Waals surface area contributed by atoms with Gasteiger partial charge in [0.25, 0.3) is 0 Å². The molecular weight excluding hydrogens is 336 g/mol. The van der Waals surface area contributed by atoms with Crippen LogP contribution < -0.4 is 0 Å². The summed E-state index contributed by atoms with van der Waals surface area (Å²) in [6, 6.07) is 33.7. The van der Waals surface area contributed by atoms with E-state index in [-0.39, 0.29) is 0 Å². The first-order chi connectivity index (χ1) is 13.6. The van der Waals surface area contributed by atoms with Gasteiger partial charge in [0.1, 0.15) is 0 Å². The predicted octanol–water partition coefficient (Wildman–Crippen LogP) is 7.94. The molecule has 0 saturated carbocycles. The van der Waals surface area contributed by atoms with Crippen LogP contribution in [0.1, 0.15) is 22.3 Å². The molecule has 0 aliphatic rings. The van der Waals surface area contributed by atoms with E-state index in [9.17, 15) is 0 Å². The third-order valence-corrected chi connectivity index (χ3v) is 5.45. The van der Waals surface area contributed by atoms with Gasteiger partial charge in [-0.2, -0.15) is 0 Å². The Morgan fingerprint density at radius 1 is 0.393 bits per heavy atom. The van der Waals surface area contributed by atoms with Crippen LogP contribution in [-0.4, -0.2) is 0 Å². The molecule has 0 aromatic heterocycles. The zero-order valence-corrected chi connectivity index (χ0v) is 17.2. The first-order valence-electron chi connectivity index (χ1n) is 9.81. The second-order valence-electron chi connectivity index (χ2n) is 7.21. The predicted molar refractivity (Wildman–Crippen MR) is 123 cm³/mol. The largest absolute Gasteiger partial charge is 0.0622 e. The Morgan fingerprint density at radius 2 is 0.786 bits per heavy atom. The van der Waals surface area contributed by atoms with Crippen LogP contribution in [0.5, 0.6) is 0 Å². The van der Waals surface area contributed by atoms with Crippen LogP contribution >= 0.6 is 0 Å². The zero-order chi connectivity index (χ0) is 19.9. The lowest BCUT2D eigenvalue weighted by atomic mass is 9.91. The molecule has 140 valence electrons. The maximum Gasteiger partial charge on any atom is -0.0149 e. The molecule has 4 aromatic rings. The number of aryl methyl sites for hydroxylation is 1. The first kappa shape index (κ1) is 19.6. The van der Waals surface area contributed by atoms with Gasteiger partial charge in [0, 0.05) is 0 Å². The van der Waals surface area contributed by atoms with Crippen molar-refractivity contribution in [3.05, 3.63) is 119 Å². The normalized spacial score (nSPS) is 10.1. The number of rotatable bonds is 2. The van der Waals surface area contributed by atoms with Crippen molar-refractivity contribution in [2.45, 2.75) is 27.7 Å². The Hall–Kier alpha value is -3.12. The minimum Gasteiger partial charge on any atom is -0.0622 e. The van der Waals surface area contributed by atoms with E-state index in [4.69, 9.17) is 0 Å². The number of hydrogen-bond acceptors (Lipinski definition) is 0. The van der Waals surface area contributed by atoms with E-state index in [1.54, 1.807) is 0 Å². The standard InChI is InChI=1S/C16H18.C12H10/c1-11-10-16(14(4)13(3)12(11)2)15-8-6-5-7-9-15;1-3-7-11(8-4-1)12-9-5-2-6-10-12/h5-10H,1-4H3;1-10H. The van der Waals surface area contributed by atoms with Crippen molar-refractivity contribution in [2.24, 2.45) is 0 Å². The summed E-state index contributed by atoms with van der Waals surface area (Å²) in [6.45, 7) is 8.81. The molecule has 0 aliphatic carbocycles. The quantitative estimate of drug-likeness (QED) is 0.338. The molecule has 4 aromatic carbocycles. The van der Waals surface area contributed by atoms with E-state index in [1.807, 2.05) is 12.1 Å². The molecular formula is C28H28. The fourth-order valence-corrected chi connectivity index (χ4v) is 3.39. The smallest absolute Gasteiger partial charge is 0.0149 e. The van der Waals surface area contributed by atoms with Gasteiger partial charge in [-0.15, -0.1) is 0 Å². The van der Waals surface area contributed by atoms with E-state index in [0.29, 0.717) is 0 Å². The van der Waals surface area contributed by atoms with Crippen LogP contribution in [0.15, 0.2) is 97.1 Å². The van der Waals surface area contributed by atoms with Crippen LogP contribution in [0.25, 0.3) is 22.3 Å². The highest BCUT2D eigenvalue weighted by molar-refractivity contribution is 5.70. The fraction of sp³-hybridized carbons (Fsp3) is 0.143. The summed E-state index contributed by atoms with van der Waals surface area (Å²) in [5.74, 6) is 0. The summed E-state index contributed by atoms with van der Waals surface area (Å²) in [7, 11) is 0. The van der Waals surface area contributed by atoms with Gasteiger partial charge in [-0.05, 0) is 72.2 Å². The SMILES string of the molecule is Cc1cc(-c2ccccc2)c(C)c(C)c1C.c1ccc(-c2ccccc2)cc1. The van der Waals surface area contributed by atoms with Crippen molar-refractivity contribution in [3.63, 3.8) is 0 Å². The second-order valence-corrected chi connectivity index (χ2v) is 7.21. The maximum atomic E-state index is 2.30. The van der Waals surface area contributed by atoms with E-state index in [0.717, 1.165) is 0 Å². The lowest BCUT2D eigenvalue weighted by molar-refractivity contribution is 1.22. The van der Waals surface area contributed by atoms with Crippen molar-refractivity contribution in [2.75, 3.05) is 0 Å². The minimum absolute atomic E-state index is 1.28. The van der Waals surface area contributed by atoms with Gasteiger partial charge in [-0.3, -0.25) is 0 Å². The number of hydrogen-bond donors (Lipinski definition) is 0. The zero-order valence-electron chi connectivity index (χ0n) is 17.2. The fourth-order valence-electron chi connectivity index (χ4n) is 3.39. The molecule has 0 atom stereocenters. The van der Waals surface area contributed by atoms with Gasteiger partial charge in [-0.25, -0.2) is 0 Å². The topological polar surface area (TPSA) is 0 Å². The lowest BCUT2D eigenvalue weighted by Crippen LogP contribution is -1.94. The van der Waals surface area contributed by atoms with Crippen LogP contribution in [0.2, 0.25) is 0 Å². The molecule has 0 fully saturated rings. The highest BCUT2D eigenvalue weighted by Gasteiger charge is 2.08. The summed E-state index contributed by atoms with van der Waals surface area (Å²) in [6.07, 6.45) is 0. The van der Waals surface area contributed by atoms with E-state index in [2.05, 4.69) is 113 Å². The van der Waals surface area contributed by atoms with Gasteiger partial charge in [-0.1, -0.05) is 97.1 Å². The van der Waals surface area contributed by atoms with Crippen LogP contribution in [0.3, 0.4) is 0 Å². The summed E-state index contributed by atoms with van der Waals surface area (Å²) >= 11 is 0. The molecule has 0 heteroatoms. The molecule has 0 unspecified atom stereocenters. The van der Waals surface area contributed by atoms with Crippen molar-refractivity contribution in [1.29, 1.82) is 0 Å². The van der Waals surface area contributed by atoms with Crippen molar-refractivity contribution in [3.8, 4) is 22.3 Å². The third-order valence-electron chi connectivity index (χ3n) is 5.45. The van der Waals surface area contributed by atoms with Gasteiger partial charge >= 0.3 is 0 Å². The lowest BCUT2D eigenvalue weighted by Gasteiger charge is -2.14. The average Bonchev–Trinajstić information content (AvgIpc) is 2.77. The minimum atomic E-state index is 1.28. The van der Waals surface area contributed by atoms with Crippen LogP contribution in [-0.2, 0) is 0 Å². The number of benzene rings is 4. The molecule has 0 heterocycles. The third kappa shape index (κ3) is 4.58. The van der Waals surface area contributed by atoms with E-state index in [1.165, 1.54) is 44.5 Å². The monoisotopic (exact) mass is 364 g/mol. The van der Waals surface area contributed by atoms with Crippen LogP contribution in [0.4, 0.5) is 0 Å². The first-order valence-corrected chi connectivity index (χ1v) is 9.81. The Morgan fingerprint density at radius 3 is 1.21 bits per heavy atom. The van der Waals surface area contributed by atoms with Gasteiger partial charge in [0.15, 0.2) is 0 Å². The maximum absolute atomic E-state index is 2.30. The summed E-state index contributed by atoms with van der Waals surface area (Å²) in [5.41, 5.74) is 10.8. The molecule has 0 N–H and O–H groups in total. The molecule has 0 nitrogen and oxygen atoms in total. The van der Waals surface area contributed by atoms with E-state index >= 15 is 0 Å². The second kappa shape index (κ2) is 9.19. The molecule has 0 saturated heterocycles. The molecule has 0 radical (unpaired) electrons. The van der Waals surface area contributed by atoms with Gasteiger partial charge in [0.2, 0.25) is 0 Å². The molecule has 0 amide bonds. The van der Waals surface area contributed by atoms with Crippen molar-refractivity contribution >= 4 is 0 Å². The molecule has 0 bridgehead atoms. The average molecular weight is 365 g/mol. The van der Waals surface area contributed by atoms with E-state index < -0.39 is 0 Å². The van der Waals surface area contributed by atoms with Crippen LogP contribution in [0, 0.1) is 27.7 Å². The Bertz CT molecular complexity index is 976. The highest BCUT2D eigenvalue weighted by atomic mass is 14.1. The van der Waals surface area contributed by atoms with Gasteiger partial charge < -0.3 is 0 Å². The summed E-state index contributed by atoms with van der Waals surface area (Å²) in [4.78, 5) is 0. The highest BCUT2D eigenvalue weighted by Crippen LogP contribution is 2.29. The van der Waals surface area contributed by atoms with Crippen molar-refractivity contribution in [1.82, 2.24) is 0 Å². The summed E-state index contributed by atoms with van der Waals surface area (Å²) in [5, 5.41) is 0. The molecule has 0 aliphatic heterocycles. The molecule has 28 heavy (non-hydrogen) atoms. The molecule has 0 spiro atoms. The summed E-state index contributed by atoms with van der Waals surface area (Å²) < 4.78 is 0. The van der Waals surface area contributed by atoms with Crippen molar-refractivity contribution < 1.29 is 0 Å². The molecule has 4 rings (SSSR count).